The summed E-state index contributed by atoms with van der Waals surface area (Å²) in [6.45, 7) is 3.27. The van der Waals surface area contributed by atoms with Crippen LogP contribution in [0.2, 0.25) is 0 Å². The van der Waals surface area contributed by atoms with Crippen LogP contribution in [0.15, 0.2) is 29.3 Å². The maximum Gasteiger partial charge on any atom is 0.243 e. The van der Waals surface area contributed by atoms with Gasteiger partial charge in [0, 0.05) is 27.2 Å². The molecular weight excluding hydrogens is 309 g/mol. The molecule has 0 bridgehead atoms. The molecule has 0 aliphatic heterocycles. The van der Waals surface area contributed by atoms with E-state index in [4.69, 9.17) is 0 Å². The van der Waals surface area contributed by atoms with Crippen molar-refractivity contribution in [2.45, 2.75) is 13.0 Å². The van der Waals surface area contributed by atoms with Gasteiger partial charge in [-0.25, -0.2) is 9.38 Å². The molecule has 1 aromatic rings. The number of benzene rings is 1. The van der Waals surface area contributed by atoms with E-state index in [1.807, 2.05) is 32.0 Å². The normalized spacial score (nSPS) is 12.9. The molecular formula is C17H28FN5O. The van der Waals surface area contributed by atoms with Crippen molar-refractivity contribution in [3.05, 3.63) is 35.6 Å². The molecule has 0 saturated carbocycles. The zero-order valence-corrected chi connectivity index (χ0v) is 15.1. The predicted octanol–water partition coefficient (Wildman–Crippen LogP) is 1.07. The molecule has 0 aliphatic carbocycles. The molecule has 7 heteroatoms. The van der Waals surface area contributed by atoms with Crippen molar-refractivity contribution in [2.75, 3.05) is 47.8 Å². The molecule has 1 unspecified atom stereocenters. The molecule has 0 spiro atoms. The molecule has 0 radical (unpaired) electrons. The maximum absolute atomic E-state index is 13.5. The molecule has 0 fully saturated rings. The van der Waals surface area contributed by atoms with E-state index < -0.39 is 0 Å². The Hall–Kier alpha value is -2.15. The van der Waals surface area contributed by atoms with Gasteiger partial charge in [0.25, 0.3) is 0 Å². The van der Waals surface area contributed by atoms with E-state index in [2.05, 4.69) is 15.6 Å². The fourth-order valence-corrected chi connectivity index (χ4v) is 2.14. The Morgan fingerprint density at radius 3 is 2.50 bits per heavy atom. The van der Waals surface area contributed by atoms with Crippen LogP contribution in [0, 0.1) is 5.82 Å². The van der Waals surface area contributed by atoms with E-state index in [0.717, 1.165) is 5.56 Å². The topological polar surface area (TPSA) is 60.0 Å². The van der Waals surface area contributed by atoms with E-state index in [-0.39, 0.29) is 24.3 Å². The molecule has 6 nitrogen and oxygen atoms in total. The van der Waals surface area contributed by atoms with Crippen molar-refractivity contribution in [1.82, 2.24) is 20.4 Å². The molecule has 0 saturated heterocycles. The molecule has 1 amide bonds. The lowest BCUT2D eigenvalue weighted by Crippen LogP contribution is -2.42. The summed E-state index contributed by atoms with van der Waals surface area (Å²) in [5.41, 5.74) is 0.882. The molecule has 24 heavy (non-hydrogen) atoms. The van der Waals surface area contributed by atoms with E-state index in [1.54, 1.807) is 20.2 Å². The highest BCUT2D eigenvalue weighted by molar-refractivity contribution is 5.84. The van der Waals surface area contributed by atoms with E-state index in [1.165, 1.54) is 17.0 Å². The van der Waals surface area contributed by atoms with E-state index >= 15 is 0 Å². The average Bonchev–Trinajstić information content (AvgIpc) is 2.52. The fraction of sp³-hybridized carbons (Fsp3) is 0.529. The molecule has 0 aliphatic rings. The van der Waals surface area contributed by atoms with Crippen LogP contribution in [0.5, 0.6) is 0 Å². The van der Waals surface area contributed by atoms with Gasteiger partial charge in [0.15, 0.2) is 5.96 Å². The summed E-state index contributed by atoms with van der Waals surface area (Å²) in [6.07, 6.45) is 0. The number of rotatable bonds is 7. The number of likely N-dealkylation sites (N-methyl/N-ethyl adjacent to an activating group) is 2. The smallest absolute Gasteiger partial charge is 0.243 e. The monoisotopic (exact) mass is 337 g/mol. The van der Waals surface area contributed by atoms with Gasteiger partial charge in [0.05, 0.1) is 6.04 Å². The van der Waals surface area contributed by atoms with Gasteiger partial charge in [0.1, 0.15) is 12.4 Å². The molecule has 1 atom stereocenters. The van der Waals surface area contributed by atoms with Crippen LogP contribution >= 0.6 is 0 Å². The summed E-state index contributed by atoms with van der Waals surface area (Å²) in [7, 11) is 7.28. The second-order valence-electron chi connectivity index (χ2n) is 5.90. The number of carbonyl (C=O) groups is 1. The number of hydrogen-bond donors (Lipinski definition) is 2. The van der Waals surface area contributed by atoms with Crippen LogP contribution in [0.3, 0.4) is 0 Å². The quantitative estimate of drug-likeness (QED) is 0.577. The van der Waals surface area contributed by atoms with Crippen molar-refractivity contribution in [3.63, 3.8) is 0 Å². The first-order chi connectivity index (χ1) is 11.3. The number of amides is 1. The van der Waals surface area contributed by atoms with Gasteiger partial charge in [-0.05, 0) is 38.7 Å². The predicted molar refractivity (Wildman–Crippen MR) is 95.5 cm³/mol. The van der Waals surface area contributed by atoms with E-state index in [9.17, 15) is 9.18 Å². The van der Waals surface area contributed by atoms with Gasteiger partial charge in [-0.1, -0.05) is 12.1 Å². The van der Waals surface area contributed by atoms with Crippen LogP contribution < -0.4 is 10.6 Å². The van der Waals surface area contributed by atoms with Crippen molar-refractivity contribution in [2.24, 2.45) is 4.99 Å². The minimum Gasteiger partial charge on any atom is -0.357 e. The Bertz CT molecular complexity index is 560. The van der Waals surface area contributed by atoms with Crippen LogP contribution in [0.1, 0.15) is 18.5 Å². The first-order valence-corrected chi connectivity index (χ1v) is 7.99. The first-order valence-electron chi connectivity index (χ1n) is 7.99. The van der Waals surface area contributed by atoms with Gasteiger partial charge >= 0.3 is 0 Å². The number of nitrogens with zero attached hydrogens (tertiary/aromatic N) is 3. The van der Waals surface area contributed by atoms with Crippen LogP contribution in [0.4, 0.5) is 4.39 Å². The van der Waals surface area contributed by atoms with Gasteiger partial charge in [-0.3, -0.25) is 4.79 Å². The molecule has 1 aromatic carbocycles. The molecule has 2 N–H and O–H groups in total. The third-order valence-corrected chi connectivity index (χ3v) is 3.54. The summed E-state index contributed by atoms with van der Waals surface area (Å²) in [6, 6.07) is 6.55. The first kappa shape index (κ1) is 19.9. The van der Waals surface area contributed by atoms with E-state index in [0.29, 0.717) is 19.0 Å². The lowest BCUT2D eigenvalue weighted by atomic mass is 10.1. The average molecular weight is 337 g/mol. The number of nitrogens with one attached hydrogen (secondary N) is 2. The molecule has 0 aromatic heterocycles. The Morgan fingerprint density at radius 1 is 1.25 bits per heavy atom. The maximum atomic E-state index is 13.5. The third-order valence-electron chi connectivity index (χ3n) is 3.54. The van der Waals surface area contributed by atoms with Crippen LogP contribution in [0.25, 0.3) is 0 Å². The zero-order chi connectivity index (χ0) is 18.1. The Morgan fingerprint density at radius 2 is 1.96 bits per heavy atom. The number of halogens is 1. The second kappa shape index (κ2) is 9.87. The van der Waals surface area contributed by atoms with Gasteiger partial charge in [-0.15, -0.1) is 0 Å². The Kier molecular flexibility index (Phi) is 8.18. The van der Waals surface area contributed by atoms with Gasteiger partial charge in [0.2, 0.25) is 5.91 Å². The van der Waals surface area contributed by atoms with Crippen molar-refractivity contribution in [3.8, 4) is 0 Å². The van der Waals surface area contributed by atoms with Crippen molar-refractivity contribution >= 4 is 11.9 Å². The number of aliphatic imine (C=N–C) groups is 1. The lowest BCUT2D eigenvalue weighted by molar-refractivity contribution is -0.127. The van der Waals surface area contributed by atoms with Crippen molar-refractivity contribution in [1.29, 1.82) is 0 Å². The van der Waals surface area contributed by atoms with Crippen molar-refractivity contribution < 1.29 is 9.18 Å². The van der Waals surface area contributed by atoms with Gasteiger partial charge in [-0.2, -0.15) is 0 Å². The lowest BCUT2D eigenvalue weighted by Gasteiger charge is -2.26. The number of guanidine groups is 1. The summed E-state index contributed by atoms with van der Waals surface area (Å²) < 4.78 is 13.5. The molecule has 134 valence electrons. The summed E-state index contributed by atoms with van der Waals surface area (Å²) in [4.78, 5) is 19.5. The highest BCUT2D eigenvalue weighted by Crippen LogP contribution is 2.18. The summed E-state index contributed by atoms with van der Waals surface area (Å²) in [5, 5.41) is 6.33. The standard InChI is InChI=1S/C17H28FN5O/c1-6-19-17(21-12-16(24)23(4)5)20-11-15(22(2)3)13-8-7-9-14(18)10-13/h7-10,15H,6,11-12H2,1-5H3,(H2,19,20,21). The Labute approximate surface area is 143 Å². The highest BCUT2D eigenvalue weighted by Gasteiger charge is 2.15. The number of carbonyl (C=O) groups excluding carboxylic acids is 1. The third kappa shape index (κ3) is 6.54. The van der Waals surface area contributed by atoms with Crippen LogP contribution in [-0.2, 0) is 4.79 Å². The fourth-order valence-electron chi connectivity index (χ4n) is 2.14. The molecule has 1 rings (SSSR count). The van der Waals surface area contributed by atoms with Gasteiger partial charge < -0.3 is 20.4 Å². The number of hydrogen-bond acceptors (Lipinski definition) is 3. The summed E-state index contributed by atoms with van der Waals surface area (Å²) in [5.74, 6) is 0.244. The molecule has 0 heterocycles. The highest BCUT2D eigenvalue weighted by atomic mass is 19.1. The zero-order valence-electron chi connectivity index (χ0n) is 15.1. The second-order valence-corrected chi connectivity index (χ2v) is 5.90. The summed E-state index contributed by atoms with van der Waals surface area (Å²) >= 11 is 0. The SMILES string of the molecule is CCNC(=NCC(=O)N(C)C)NCC(c1cccc(F)c1)N(C)C. The largest absolute Gasteiger partial charge is 0.357 e. The minimum atomic E-state index is -0.253. The Balaban J connectivity index is 2.78. The van der Waals surface area contributed by atoms with Crippen LogP contribution in [-0.4, -0.2) is 69.5 Å². The minimum absolute atomic E-state index is 0.0193.